The lowest BCUT2D eigenvalue weighted by Gasteiger charge is -2.35. The smallest absolute Gasteiger partial charge is 0.140 e. The molecule has 0 bridgehead atoms. The fourth-order valence-electron chi connectivity index (χ4n) is 3.50. The Morgan fingerprint density at radius 2 is 1.88 bits per heavy atom. The van der Waals surface area contributed by atoms with Gasteiger partial charge in [0.25, 0.3) is 0 Å². The van der Waals surface area contributed by atoms with Gasteiger partial charge in [-0.3, -0.25) is 0 Å². The van der Waals surface area contributed by atoms with Gasteiger partial charge in [-0.2, -0.15) is 0 Å². The molecule has 1 N–H and O–H groups in total. The summed E-state index contributed by atoms with van der Waals surface area (Å²) < 4.78 is 11.9. The van der Waals surface area contributed by atoms with Gasteiger partial charge in [-0.05, 0) is 30.3 Å². The first-order valence-electron chi connectivity index (χ1n) is 8.19. The highest BCUT2D eigenvalue weighted by molar-refractivity contribution is 9.10. The van der Waals surface area contributed by atoms with E-state index >= 15 is 0 Å². The molecule has 1 aliphatic rings. The summed E-state index contributed by atoms with van der Waals surface area (Å²) in [6.45, 7) is 0.973. The molecule has 3 aromatic rings. The number of halogens is 1. The number of anilines is 1. The van der Waals surface area contributed by atoms with Gasteiger partial charge in [-0.25, -0.2) is 9.97 Å². The molecule has 1 aliphatic heterocycles. The predicted octanol–water partition coefficient (Wildman–Crippen LogP) is 3.46. The number of aliphatic hydroxyl groups excluding tert-OH is 1. The first-order valence-corrected chi connectivity index (χ1v) is 8.98. The van der Waals surface area contributed by atoms with Crippen LogP contribution in [0.2, 0.25) is 0 Å². The van der Waals surface area contributed by atoms with Crippen LogP contribution in [0.25, 0.3) is 10.9 Å². The second-order valence-corrected chi connectivity index (χ2v) is 7.03. The van der Waals surface area contributed by atoms with Crippen LogP contribution in [0.15, 0.2) is 41.1 Å². The van der Waals surface area contributed by atoms with Crippen LogP contribution < -0.4 is 14.4 Å². The highest BCUT2D eigenvalue weighted by atomic mass is 79.9. The van der Waals surface area contributed by atoms with E-state index in [1.807, 2.05) is 35.2 Å². The van der Waals surface area contributed by atoms with Crippen LogP contribution in [0.4, 0.5) is 5.82 Å². The standard InChI is InChI=1S/C19H18BrN3O3/c1-25-16-5-6-17(26-2)18-13(16)8-23(9-15(18)24)19-12-7-11(20)3-4-14(12)21-10-22-19/h3-7,10,15,24H,8-9H2,1-2H3. The third kappa shape index (κ3) is 2.77. The van der Waals surface area contributed by atoms with E-state index in [4.69, 9.17) is 9.47 Å². The van der Waals surface area contributed by atoms with Crippen molar-refractivity contribution in [3.63, 3.8) is 0 Å². The second kappa shape index (κ2) is 6.74. The SMILES string of the molecule is COc1ccc(OC)c2c1CN(c1ncnc3ccc(Br)cc13)CC2O. The van der Waals surface area contributed by atoms with E-state index in [1.165, 1.54) is 0 Å². The summed E-state index contributed by atoms with van der Waals surface area (Å²) in [6, 6.07) is 9.58. The molecule has 4 rings (SSSR count). The lowest BCUT2D eigenvalue weighted by molar-refractivity contribution is 0.169. The molecular weight excluding hydrogens is 398 g/mol. The number of aliphatic hydroxyl groups is 1. The summed E-state index contributed by atoms with van der Waals surface area (Å²) in [5, 5.41) is 11.8. The monoisotopic (exact) mass is 415 g/mol. The van der Waals surface area contributed by atoms with Crippen molar-refractivity contribution in [2.75, 3.05) is 25.7 Å². The van der Waals surface area contributed by atoms with E-state index < -0.39 is 6.10 Å². The number of hydrogen-bond donors (Lipinski definition) is 1. The molecule has 2 aromatic carbocycles. The van der Waals surface area contributed by atoms with Crippen LogP contribution in [-0.2, 0) is 6.54 Å². The highest BCUT2D eigenvalue weighted by Crippen LogP contribution is 2.41. The largest absolute Gasteiger partial charge is 0.496 e. The van der Waals surface area contributed by atoms with Crippen molar-refractivity contribution in [2.45, 2.75) is 12.6 Å². The number of hydrogen-bond acceptors (Lipinski definition) is 6. The van der Waals surface area contributed by atoms with E-state index in [-0.39, 0.29) is 0 Å². The maximum atomic E-state index is 10.8. The molecule has 0 saturated heterocycles. The fourth-order valence-corrected chi connectivity index (χ4v) is 3.87. The lowest BCUT2D eigenvalue weighted by Crippen LogP contribution is -2.35. The van der Waals surface area contributed by atoms with E-state index in [0.717, 1.165) is 38.1 Å². The first kappa shape index (κ1) is 17.1. The van der Waals surface area contributed by atoms with Crippen molar-refractivity contribution in [1.29, 1.82) is 0 Å². The minimum Gasteiger partial charge on any atom is -0.496 e. The zero-order valence-electron chi connectivity index (χ0n) is 14.4. The molecule has 1 atom stereocenters. The average Bonchev–Trinajstić information content (AvgIpc) is 2.66. The molecule has 1 unspecified atom stereocenters. The molecule has 7 heteroatoms. The maximum absolute atomic E-state index is 10.8. The van der Waals surface area contributed by atoms with Crippen LogP contribution in [-0.4, -0.2) is 35.8 Å². The number of rotatable bonds is 3. The number of benzene rings is 2. The maximum Gasteiger partial charge on any atom is 0.140 e. The Morgan fingerprint density at radius 1 is 1.12 bits per heavy atom. The Labute approximate surface area is 159 Å². The number of β-amino-alcohol motifs (C(OH)–C–C–N with tert-alkyl or cyclic N) is 1. The van der Waals surface area contributed by atoms with Crippen molar-refractivity contribution >= 4 is 32.7 Å². The van der Waals surface area contributed by atoms with Gasteiger partial charge < -0.3 is 19.5 Å². The number of methoxy groups -OCH3 is 2. The molecule has 0 spiro atoms. The number of fused-ring (bicyclic) bond motifs is 2. The predicted molar refractivity (Wildman–Crippen MR) is 103 cm³/mol. The minimum absolute atomic E-state index is 0.412. The molecule has 0 saturated carbocycles. The van der Waals surface area contributed by atoms with Crippen LogP contribution in [0.5, 0.6) is 11.5 Å². The topological polar surface area (TPSA) is 67.7 Å². The lowest BCUT2D eigenvalue weighted by atomic mass is 9.95. The van der Waals surface area contributed by atoms with Crippen LogP contribution in [0.1, 0.15) is 17.2 Å². The Hall–Kier alpha value is -2.38. The van der Waals surface area contributed by atoms with Crippen LogP contribution in [0.3, 0.4) is 0 Å². The average molecular weight is 416 g/mol. The van der Waals surface area contributed by atoms with Crippen molar-refractivity contribution in [2.24, 2.45) is 0 Å². The van der Waals surface area contributed by atoms with Gasteiger partial charge in [0.1, 0.15) is 29.7 Å². The first-order chi connectivity index (χ1) is 12.6. The van der Waals surface area contributed by atoms with Gasteiger partial charge in [0.05, 0.1) is 26.3 Å². The molecule has 0 fully saturated rings. The van der Waals surface area contributed by atoms with Gasteiger partial charge in [0.15, 0.2) is 0 Å². The number of ether oxygens (including phenoxy) is 2. The molecule has 2 heterocycles. The van der Waals surface area contributed by atoms with Crippen molar-refractivity contribution < 1.29 is 14.6 Å². The second-order valence-electron chi connectivity index (χ2n) is 6.12. The Balaban J connectivity index is 1.84. The zero-order valence-corrected chi connectivity index (χ0v) is 16.0. The van der Waals surface area contributed by atoms with E-state index in [9.17, 15) is 5.11 Å². The summed E-state index contributed by atoms with van der Waals surface area (Å²) >= 11 is 3.51. The molecular formula is C19H18BrN3O3. The Bertz CT molecular complexity index is 980. The van der Waals surface area contributed by atoms with Gasteiger partial charge in [-0.15, -0.1) is 0 Å². The van der Waals surface area contributed by atoms with Gasteiger partial charge in [-0.1, -0.05) is 15.9 Å². The quantitative estimate of drug-likeness (QED) is 0.706. The molecule has 134 valence electrons. The zero-order chi connectivity index (χ0) is 18.3. The van der Waals surface area contributed by atoms with Crippen molar-refractivity contribution in [1.82, 2.24) is 9.97 Å². The van der Waals surface area contributed by atoms with E-state index in [1.54, 1.807) is 20.5 Å². The molecule has 6 nitrogen and oxygen atoms in total. The molecule has 26 heavy (non-hydrogen) atoms. The summed E-state index contributed by atoms with van der Waals surface area (Å²) in [6.07, 6.45) is 0.844. The summed E-state index contributed by atoms with van der Waals surface area (Å²) in [4.78, 5) is 10.9. The molecule has 1 aromatic heterocycles. The van der Waals surface area contributed by atoms with Crippen LogP contribution in [0, 0.1) is 0 Å². The van der Waals surface area contributed by atoms with Crippen molar-refractivity contribution in [3.8, 4) is 11.5 Å². The third-order valence-electron chi connectivity index (χ3n) is 4.67. The van der Waals surface area contributed by atoms with Crippen molar-refractivity contribution in [3.05, 3.63) is 52.3 Å². The van der Waals surface area contributed by atoms with Gasteiger partial charge >= 0.3 is 0 Å². The molecule has 0 radical (unpaired) electrons. The van der Waals surface area contributed by atoms with E-state index in [2.05, 4.69) is 25.9 Å². The number of aromatic nitrogens is 2. The highest BCUT2D eigenvalue weighted by Gasteiger charge is 2.31. The summed E-state index contributed by atoms with van der Waals surface area (Å²) in [5.74, 6) is 2.18. The Morgan fingerprint density at radius 3 is 2.65 bits per heavy atom. The summed E-state index contributed by atoms with van der Waals surface area (Å²) in [7, 11) is 3.24. The third-order valence-corrected chi connectivity index (χ3v) is 5.16. The Kier molecular flexibility index (Phi) is 4.42. The number of nitrogens with zero attached hydrogens (tertiary/aromatic N) is 3. The van der Waals surface area contributed by atoms with Gasteiger partial charge in [0, 0.05) is 27.5 Å². The summed E-state index contributed by atoms with van der Waals surface area (Å²) in [5.41, 5.74) is 2.55. The van der Waals surface area contributed by atoms with Crippen LogP contribution >= 0.6 is 15.9 Å². The normalized spacial score (nSPS) is 16.5. The van der Waals surface area contributed by atoms with Gasteiger partial charge in [0.2, 0.25) is 0 Å². The minimum atomic E-state index is -0.707. The molecule has 0 amide bonds. The van der Waals surface area contributed by atoms with E-state index in [0.29, 0.717) is 18.8 Å². The fraction of sp³-hybridized carbons (Fsp3) is 0.263. The molecule has 0 aliphatic carbocycles.